The number of benzene rings is 3. The van der Waals surface area contributed by atoms with Crippen LogP contribution in [-0.4, -0.2) is 49.8 Å². The van der Waals surface area contributed by atoms with Crippen molar-refractivity contribution in [3.8, 4) is 11.5 Å². The van der Waals surface area contributed by atoms with Crippen molar-refractivity contribution in [1.82, 2.24) is 15.2 Å². The number of para-hydroxylation sites is 1. The van der Waals surface area contributed by atoms with Gasteiger partial charge in [0.25, 0.3) is 0 Å². The van der Waals surface area contributed by atoms with Gasteiger partial charge < -0.3 is 20.1 Å². The molecule has 0 saturated carbocycles. The highest BCUT2D eigenvalue weighted by molar-refractivity contribution is 6.00. The van der Waals surface area contributed by atoms with Gasteiger partial charge in [-0.15, -0.1) is 0 Å². The van der Waals surface area contributed by atoms with Gasteiger partial charge in [-0.3, -0.25) is 9.88 Å². The predicted molar refractivity (Wildman–Crippen MR) is 156 cm³/mol. The molecule has 1 aliphatic heterocycles. The minimum atomic E-state index is -0.852. The molecule has 1 unspecified atom stereocenters. The number of carbonyl (C=O) groups excluding carboxylic acids is 1. The molecule has 5 rings (SSSR count). The smallest absolute Gasteiger partial charge is 0.319 e. The highest BCUT2D eigenvalue weighted by Gasteiger charge is 2.29. The minimum absolute atomic E-state index is 0.0108. The molecule has 0 saturated heterocycles. The number of carbonyl (C=O) groups is 1. The third kappa shape index (κ3) is 6.41. The number of fused-ring (bicyclic) bond motifs is 2. The Labute approximate surface area is 238 Å². The third-order valence-electron chi connectivity index (χ3n) is 7.58. The number of methoxy groups -OCH3 is 2. The summed E-state index contributed by atoms with van der Waals surface area (Å²) in [6.45, 7) is 3.72. The molecule has 0 bridgehead atoms. The second kappa shape index (κ2) is 12.5. The summed E-state index contributed by atoms with van der Waals surface area (Å²) in [4.78, 5) is 19.7. The number of aryl methyl sites for hydroxylation is 2. The Kier molecular flexibility index (Phi) is 8.64. The fourth-order valence-corrected chi connectivity index (χ4v) is 5.58. The quantitative estimate of drug-likeness (QED) is 0.255. The Morgan fingerprint density at radius 3 is 2.59 bits per heavy atom. The van der Waals surface area contributed by atoms with E-state index in [0.29, 0.717) is 43.1 Å². The standard InChI is InChI=1S/C32H34F2N4O3/c1-20-16-28(23-6-4-5-7-27(23)36-20)37-32(39)35-13-15-38-14-12-22-18-30(40-2)31(41-3)19-24(22)29(38)11-9-21-8-10-25(33)26(34)17-21/h4-8,10,16-19,29H,9,11-15H2,1-3H3,(H2,35,36,37,39). The van der Waals surface area contributed by atoms with Crippen LogP contribution in [0.25, 0.3) is 10.9 Å². The van der Waals surface area contributed by atoms with Crippen molar-refractivity contribution in [1.29, 1.82) is 0 Å². The van der Waals surface area contributed by atoms with E-state index in [1.54, 1.807) is 20.3 Å². The molecule has 0 radical (unpaired) electrons. The first-order valence-corrected chi connectivity index (χ1v) is 13.7. The molecule has 7 nitrogen and oxygen atoms in total. The van der Waals surface area contributed by atoms with E-state index in [4.69, 9.17) is 9.47 Å². The van der Waals surface area contributed by atoms with E-state index in [-0.39, 0.29) is 12.1 Å². The first-order chi connectivity index (χ1) is 19.9. The lowest BCUT2D eigenvalue weighted by Gasteiger charge is -2.38. The van der Waals surface area contributed by atoms with Gasteiger partial charge in [0.05, 0.1) is 25.4 Å². The van der Waals surface area contributed by atoms with Crippen molar-refractivity contribution in [3.63, 3.8) is 0 Å². The van der Waals surface area contributed by atoms with E-state index >= 15 is 0 Å². The third-order valence-corrected chi connectivity index (χ3v) is 7.58. The van der Waals surface area contributed by atoms with Crippen molar-refractivity contribution in [2.45, 2.75) is 32.2 Å². The number of hydrogen-bond donors (Lipinski definition) is 2. The summed E-state index contributed by atoms with van der Waals surface area (Å²) in [5.74, 6) is -0.378. The van der Waals surface area contributed by atoms with Gasteiger partial charge in [-0.25, -0.2) is 13.6 Å². The lowest BCUT2D eigenvalue weighted by molar-refractivity contribution is 0.176. The van der Waals surface area contributed by atoms with Crippen molar-refractivity contribution in [3.05, 3.63) is 94.7 Å². The van der Waals surface area contributed by atoms with E-state index in [2.05, 4.69) is 20.5 Å². The molecule has 0 aliphatic carbocycles. The van der Waals surface area contributed by atoms with Crippen LogP contribution >= 0.6 is 0 Å². The Morgan fingerprint density at radius 2 is 1.80 bits per heavy atom. The zero-order chi connectivity index (χ0) is 28.9. The molecular weight excluding hydrogens is 526 g/mol. The van der Waals surface area contributed by atoms with Crippen LogP contribution in [0.4, 0.5) is 19.3 Å². The van der Waals surface area contributed by atoms with Crippen LogP contribution in [0.5, 0.6) is 11.5 Å². The van der Waals surface area contributed by atoms with Gasteiger partial charge in [0, 0.05) is 36.8 Å². The summed E-state index contributed by atoms with van der Waals surface area (Å²) in [5.41, 5.74) is 5.36. The number of ether oxygens (including phenoxy) is 2. The lowest BCUT2D eigenvalue weighted by atomic mass is 9.88. The topological polar surface area (TPSA) is 75.7 Å². The zero-order valence-electron chi connectivity index (χ0n) is 23.5. The molecule has 4 aromatic rings. The summed E-state index contributed by atoms with van der Waals surface area (Å²) in [7, 11) is 3.23. The van der Waals surface area contributed by atoms with E-state index in [1.165, 1.54) is 17.7 Å². The molecule has 1 atom stereocenters. The molecule has 0 fully saturated rings. The van der Waals surface area contributed by atoms with Crippen molar-refractivity contribution < 1.29 is 23.0 Å². The molecule has 41 heavy (non-hydrogen) atoms. The molecule has 214 valence electrons. The van der Waals surface area contributed by atoms with Crippen LogP contribution in [0.1, 0.15) is 34.8 Å². The highest BCUT2D eigenvalue weighted by atomic mass is 19.2. The zero-order valence-corrected chi connectivity index (χ0v) is 23.5. The van der Waals surface area contributed by atoms with Gasteiger partial charge in [-0.1, -0.05) is 24.3 Å². The number of rotatable bonds is 9. The largest absolute Gasteiger partial charge is 0.493 e. The number of nitrogens with zero attached hydrogens (tertiary/aromatic N) is 2. The van der Waals surface area contributed by atoms with Crippen molar-refractivity contribution in [2.75, 3.05) is 39.2 Å². The molecule has 1 aromatic heterocycles. The Hall–Kier alpha value is -4.24. The van der Waals surface area contributed by atoms with Crippen molar-refractivity contribution in [2.24, 2.45) is 0 Å². The molecule has 3 aromatic carbocycles. The summed E-state index contributed by atoms with van der Waals surface area (Å²) in [5, 5.41) is 6.83. The maximum Gasteiger partial charge on any atom is 0.319 e. The predicted octanol–water partition coefficient (Wildman–Crippen LogP) is 6.19. The second-order valence-electron chi connectivity index (χ2n) is 10.2. The highest BCUT2D eigenvalue weighted by Crippen LogP contribution is 2.39. The minimum Gasteiger partial charge on any atom is -0.493 e. The number of urea groups is 1. The number of aromatic nitrogens is 1. The molecule has 2 heterocycles. The van der Waals surface area contributed by atoms with E-state index in [0.717, 1.165) is 40.7 Å². The normalized spacial score (nSPS) is 14.9. The number of hydrogen-bond acceptors (Lipinski definition) is 5. The fourth-order valence-electron chi connectivity index (χ4n) is 5.58. The first-order valence-electron chi connectivity index (χ1n) is 13.7. The van der Waals surface area contributed by atoms with Gasteiger partial charge in [-0.2, -0.15) is 0 Å². The summed E-state index contributed by atoms with van der Waals surface area (Å²) >= 11 is 0. The molecule has 2 amide bonds. The van der Waals surface area contributed by atoms with E-state index < -0.39 is 11.6 Å². The molecule has 2 N–H and O–H groups in total. The monoisotopic (exact) mass is 560 g/mol. The number of amides is 2. The van der Waals surface area contributed by atoms with E-state index in [9.17, 15) is 13.6 Å². The summed E-state index contributed by atoms with van der Waals surface area (Å²) in [6, 6.07) is 17.3. The van der Waals surface area contributed by atoms with Crippen LogP contribution in [0.15, 0.2) is 60.7 Å². The Balaban J connectivity index is 1.30. The van der Waals surface area contributed by atoms with Crippen LogP contribution in [0, 0.1) is 18.6 Å². The van der Waals surface area contributed by atoms with Crippen LogP contribution in [-0.2, 0) is 12.8 Å². The van der Waals surface area contributed by atoms with Gasteiger partial charge in [0.2, 0.25) is 0 Å². The maximum absolute atomic E-state index is 13.9. The van der Waals surface area contributed by atoms with Crippen LogP contribution in [0.2, 0.25) is 0 Å². The maximum atomic E-state index is 13.9. The number of halogens is 2. The molecule has 0 spiro atoms. The van der Waals surface area contributed by atoms with Crippen LogP contribution < -0.4 is 20.1 Å². The average molecular weight is 561 g/mol. The van der Waals surface area contributed by atoms with Gasteiger partial charge in [0.1, 0.15) is 0 Å². The Bertz CT molecular complexity index is 1560. The first kappa shape index (κ1) is 28.3. The summed E-state index contributed by atoms with van der Waals surface area (Å²) in [6.07, 6.45) is 2.06. The Morgan fingerprint density at radius 1 is 1.02 bits per heavy atom. The van der Waals surface area contributed by atoms with Crippen molar-refractivity contribution >= 4 is 22.6 Å². The molecule has 9 heteroatoms. The fraction of sp³-hybridized carbons (Fsp3) is 0.312. The molecular formula is C32H34F2N4O3. The van der Waals surface area contributed by atoms with Gasteiger partial charge in [-0.05, 0) is 79.3 Å². The average Bonchev–Trinajstić information content (AvgIpc) is 2.97. The number of anilines is 1. The second-order valence-corrected chi connectivity index (χ2v) is 10.2. The SMILES string of the molecule is COc1cc2c(cc1OC)C(CCc1ccc(F)c(F)c1)N(CCNC(=O)Nc1cc(C)nc3ccccc13)CC2. The lowest BCUT2D eigenvalue weighted by Crippen LogP contribution is -2.42. The number of pyridine rings is 1. The van der Waals surface area contributed by atoms with Gasteiger partial charge >= 0.3 is 6.03 Å². The van der Waals surface area contributed by atoms with E-state index in [1.807, 2.05) is 49.4 Å². The summed E-state index contributed by atoms with van der Waals surface area (Å²) < 4.78 is 38.5. The molecule has 1 aliphatic rings. The number of nitrogens with one attached hydrogen (secondary N) is 2. The van der Waals surface area contributed by atoms with Crippen LogP contribution in [0.3, 0.4) is 0 Å². The van der Waals surface area contributed by atoms with Gasteiger partial charge in [0.15, 0.2) is 23.1 Å².